The predicted molar refractivity (Wildman–Crippen MR) is 142 cm³/mol. The molecule has 6 amide bonds. The molecule has 1 aliphatic heterocycles. The van der Waals surface area contributed by atoms with Gasteiger partial charge >= 0.3 is 0 Å². The maximum Gasteiger partial charge on any atom is 0.243 e. The van der Waals surface area contributed by atoms with Gasteiger partial charge in [0.1, 0.15) is 18.5 Å². The van der Waals surface area contributed by atoms with Crippen molar-refractivity contribution in [3.63, 3.8) is 0 Å². The van der Waals surface area contributed by atoms with E-state index in [9.17, 15) is 33.6 Å². The first-order chi connectivity index (χ1) is 18.7. The van der Waals surface area contributed by atoms with E-state index in [1.807, 2.05) is 0 Å². The zero-order chi connectivity index (χ0) is 28.6. The van der Waals surface area contributed by atoms with E-state index in [1.165, 1.54) is 7.85 Å². The average Bonchev–Trinajstić information content (AvgIpc) is 3.23. The van der Waals surface area contributed by atoms with Crippen molar-refractivity contribution in [1.82, 2.24) is 30.9 Å². The number of nitrogens with one attached hydrogen (secondary N) is 5. The Hall–Kier alpha value is -3.76. The molecule has 0 radical (unpaired) electrons. The van der Waals surface area contributed by atoms with Crippen molar-refractivity contribution >= 4 is 60.9 Å². The molecule has 0 spiro atoms. The molecule has 210 valence electrons. The number of ether oxygens (including phenoxy) is 1. The molecule has 1 aromatic carbocycles. The minimum absolute atomic E-state index is 0.141. The highest BCUT2D eigenvalue weighted by molar-refractivity contribution is 7.98. The van der Waals surface area contributed by atoms with E-state index in [0.29, 0.717) is 0 Å². The minimum Gasteiger partial charge on any atom is -0.354 e. The third-order valence-corrected chi connectivity index (χ3v) is 6.07. The summed E-state index contributed by atoms with van der Waals surface area (Å²) < 4.78 is 6.00. The zero-order valence-electron chi connectivity index (χ0n) is 21.4. The van der Waals surface area contributed by atoms with Crippen molar-refractivity contribution in [3.8, 4) is 0 Å². The summed E-state index contributed by atoms with van der Waals surface area (Å²) in [4.78, 5) is 83.1. The Labute approximate surface area is 230 Å². The number of amides is 6. The highest BCUT2D eigenvalue weighted by Crippen LogP contribution is 2.20. The Morgan fingerprint density at radius 3 is 2.21 bits per heavy atom. The predicted octanol–water partition coefficient (Wildman–Crippen LogP) is -3.46. The summed E-state index contributed by atoms with van der Waals surface area (Å²) in [5.41, 5.74) is 0.567. The minimum atomic E-state index is -1.02. The summed E-state index contributed by atoms with van der Waals surface area (Å²) in [6, 6.07) is 7.89. The fourth-order valence-electron chi connectivity index (χ4n) is 3.20. The number of imide groups is 1. The fraction of sp³-hybridized carbons (Fsp3) is 0.435. The molecule has 1 aliphatic rings. The van der Waals surface area contributed by atoms with Crippen LogP contribution in [0.4, 0.5) is 0 Å². The first-order valence-corrected chi connectivity index (χ1v) is 13.0. The van der Waals surface area contributed by atoms with Gasteiger partial charge in [0.2, 0.25) is 35.4 Å². The molecule has 0 aromatic heterocycles. The molecule has 0 unspecified atom stereocenters. The summed E-state index contributed by atoms with van der Waals surface area (Å²) in [6.07, 6.45) is 0.493. The molecule has 14 nitrogen and oxygen atoms in total. The molecule has 1 atom stereocenters. The number of hydrogen-bond donors (Lipinski definition) is 5. The second kappa shape index (κ2) is 17.0. The van der Waals surface area contributed by atoms with E-state index in [0.717, 1.165) is 21.8 Å². The summed E-state index contributed by atoms with van der Waals surface area (Å²) in [5.74, 6) is -2.69. The molecule has 39 heavy (non-hydrogen) atoms. The lowest BCUT2D eigenvalue weighted by atomic mass is 10.1. The lowest BCUT2D eigenvalue weighted by Crippen LogP contribution is -2.52. The Balaban J connectivity index is 1.76. The maximum atomic E-state index is 12.7. The van der Waals surface area contributed by atoms with Gasteiger partial charge in [0, 0.05) is 19.3 Å². The highest BCUT2D eigenvalue weighted by atomic mass is 32.2. The molecular weight excluding hydrogens is 531 g/mol. The van der Waals surface area contributed by atoms with Gasteiger partial charge in [-0.25, -0.2) is 4.31 Å². The molecule has 0 bridgehead atoms. The first kappa shape index (κ1) is 31.5. The summed E-state index contributed by atoms with van der Waals surface area (Å²) in [7, 11) is 1.34. The van der Waals surface area contributed by atoms with Crippen LogP contribution in [0.15, 0.2) is 30.3 Å². The molecule has 1 heterocycles. The van der Waals surface area contributed by atoms with Crippen LogP contribution in [0, 0.1) is 0 Å². The molecule has 1 aromatic rings. The van der Waals surface area contributed by atoms with E-state index in [4.69, 9.17) is 4.74 Å². The van der Waals surface area contributed by atoms with E-state index in [-0.39, 0.29) is 69.1 Å². The third-order valence-electron chi connectivity index (χ3n) is 5.07. The lowest BCUT2D eigenvalue weighted by molar-refractivity contribution is -0.132. The SMILES string of the molecule is BC(=O)COCNC(=O)CNC(=O)[C@H](Cc1ccccc1)NC(=O)CNC(=O)CNCSN1C(=O)CCC1=O. The molecule has 0 saturated carbocycles. The van der Waals surface area contributed by atoms with Crippen LogP contribution in [-0.4, -0.2) is 98.2 Å². The molecule has 1 saturated heterocycles. The van der Waals surface area contributed by atoms with Crippen LogP contribution in [0.3, 0.4) is 0 Å². The maximum absolute atomic E-state index is 12.7. The van der Waals surface area contributed by atoms with Gasteiger partial charge in [-0.3, -0.25) is 34.1 Å². The number of hydrogen-bond acceptors (Lipinski definition) is 10. The van der Waals surface area contributed by atoms with Gasteiger partial charge in [-0.15, -0.1) is 0 Å². The van der Waals surface area contributed by atoms with Crippen molar-refractivity contribution in [2.75, 3.05) is 38.8 Å². The van der Waals surface area contributed by atoms with Crippen LogP contribution in [-0.2, 0) is 44.7 Å². The van der Waals surface area contributed by atoms with E-state index < -0.39 is 36.2 Å². The van der Waals surface area contributed by atoms with Gasteiger partial charge in [-0.1, -0.05) is 30.3 Å². The molecular formula is C23H31BN6O8S. The molecule has 5 N–H and O–H groups in total. The van der Waals surface area contributed by atoms with Gasteiger partial charge < -0.3 is 30.8 Å². The second-order valence-electron chi connectivity index (χ2n) is 8.38. The zero-order valence-corrected chi connectivity index (χ0v) is 22.3. The summed E-state index contributed by atoms with van der Waals surface area (Å²) in [5, 5.41) is 12.6. The van der Waals surface area contributed by atoms with Crippen LogP contribution >= 0.6 is 11.9 Å². The van der Waals surface area contributed by atoms with Crippen LogP contribution in [0.1, 0.15) is 18.4 Å². The van der Waals surface area contributed by atoms with E-state index in [2.05, 4.69) is 26.6 Å². The monoisotopic (exact) mass is 562 g/mol. The van der Waals surface area contributed by atoms with Gasteiger partial charge in [0.25, 0.3) is 0 Å². The highest BCUT2D eigenvalue weighted by Gasteiger charge is 2.29. The van der Waals surface area contributed by atoms with Crippen LogP contribution in [0.2, 0.25) is 0 Å². The normalized spacial score (nSPS) is 13.5. The van der Waals surface area contributed by atoms with E-state index in [1.54, 1.807) is 30.3 Å². The Kier molecular flexibility index (Phi) is 13.7. The van der Waals surface area contributed by atoms with Crippen LogP contribution in [0.5, 0.6) is 0 Å². The number of benzene rings is 1. The Morgan fingerprint density at radius 2 is 1.54 bits per heavy atom. The molecule has 0 aliphatic carbocycles. The molecule has 1 fully saturated rings. The molecule has 2 rings (SSSR count). The van der Waals surface area contributed by atoms with Crippen molar-refractivity contribution in [3.05, 3.63) is 35.9 Å². The third kappa shape index (κ3) is 12.6. The lowest BCUT2D eigenvalue weighted by Gasteiger charge is -2.19. The largest absolute Gasteiger partial charge is 0.354 e. The summed E-state index contributed by atoms with van der Waals surface area (Å²) in [6.45, 7) is -1.28. The van der Waals surface area contributed by atoms with Crippen LogP contribution in [0.25, 0.3) is 0 Å². The van der Waals surface area contributed by atoms with Gasteiger partial charge in [0.05, 0.1) is 32.1 Å². The van der Waals surface area contributed by atoms with Gasteiger partial charge in [-0.05, 0) is 17.5 Å². The fourth-order valence-corrected chi connectivity index (χ4v) is 3.99. The van der Waals surface area contributed by atoms with Crippen molar-refractivity contribution in [2.24, 2.45) is 0 Å². The van der Waals surface area contributed by atoms with Crippen molar-refractivity contribution in [1.29, 1.82) is 0 Å². The molecule has 16 heteroatoms. The first-order valence-electron chi connectivity index (χ1n) is 12.1. The summed E-state index contributed by atoms with van der Waals surface area (Å²) >= 11 is 0.963. The van der Waals surface area contributed by atoms with Crippen molar-refractivity contribution in [2.45, 2.75) is 25.3 Å². The Morgan fingerprint density at radius 1 is 0.897 bits per heavy atom. The standard InChI is InChI=1S/C23H31BN6O8S/c24-17(31)12-38-13-28-19(33)10-27-23(37)16(8-15-4-2-1-3-5-15)29-20(34)11-26-18(32)9-25-14-39-30-21(35)6-7-22(30)36/h1-5,16,25H,6-14,24H2,(H,26,32)(H,27,37)(H,28,33)(H,29,34)/t16-/m0/s1. The van der Waals surface area contributed by atoms with Gasteiger partial charge in [-0.2, -0.15) is 0 Å². The number of carbonyl (C=O) groups is 7. The average molecular weight is 562 g/mol. The topological polar surface area (TPSA) is 192 Å². The Bertz CT molecular complexity index is 1040. The second-order valence-corrected chi connectivity index (χ2v) is 9.29. The number of rotatable bonds is 17. The van der Waals surface area contributed by atoms with E-state index >= 15 is 0 Å². The number of carbonyl (C=O) groups excluding carboxylic acids is 7. The van der Waals surface area contributed by atoms with Gasteiger partial charge in [0.15, 0.2) is 7.85 Å². The van der Waals surface area contributed by atoms with Crippen LogP contribution < -0.4 is 26.6 Å². The smallest absolute Gasteiger partial charge is 0.243 e. The number of nitrogens with zero attached hydrogens (tertiary/aromatic N) is 1. The van der Waals surface area contributed by atoms with Crippen molar-refractivity contribution < 1.29 is 38.3 Å². The quantitative estimate of drug-likeness (QED) is 0.0419.